The predicted molar refractivity (Wildman–Crippen MR) is 233 cm³/mol. The zero-order valence-corrected chi connectivity index (χ0v) is 36.0. The molecule has 15 nitrogen and oxygen atoms in total. The Morgan fingerprint density at radius 1 is 0.938 bits per heavy atom. The first-order valence-electron chi connectivity index (χ1n) is 21.6. The van der Waals surface area contributed by atoms with Crippen molar-refractivity contribution in [1.82, 2.24) is 40.0 Å². The van der Waals surface area contributed by atoms with Gasteiger partial charge in [-0.25, -0.2) is 31.9 Å². The van der Waals surface area contributed by atoms with Crippen molar-refractivity contribution in [2.75, 3.05) is 61.4 Å². The Labute approximate surface area is 375 Å². The summed E-state index contributed by atoms with van der Waals surface area (Å²) < 4.78 is 62.5. The summed E-state index contributed by atoms with van der Waals surface area (Å²) in [6.45, 7) is 0.932. The van der Waals surface area contributed by atoms with E-state index in [1.807, 2.05) is 36.4 Å². The fourth-order valence-electron chi connectivity index (χ4n) is 9.67. The molecule has 0 bridgehead atoms. The minimum absolute atomic E-state index is 0.0238. The second kappa shape index (κ2) is 16.3. The van der Waals surface area contributed by atoms with Gasteiger partial charge in [0.1, 0.15) is 17.0 Å². The van der Waals surface area contributed by atoms with E-state index in [0.717, 1.165) is 39.0 Å². The number of nitrogens with one attached hydrogen (secondary N) is 3. The lowest BCUT2D eigenvalue weighted by molar-refractivity contribution is -0.186. The van der Waals surface area contributed by atoms with Crippen LogP contribution in [-0.4, -0.2) is 118 Å². The zero-order chi connectivity index (χ0) is 45.4. The van der Waals surface area contributed by atoms with Crippen LogP contribution < -0.4 is 25.8 Å². The van der Waals surface area contributed by atoms with Crippen LogP contribution in [0, 0.1) is 11.2 Å². The number of anilines is 4. The molecular weight excluding hydrogens is 870 g/mol. The van der Waals surface area contributed by atoms with E-state index >= 15 is 8.78 Å². The molecule has 4 fully saturated rings. The number of urea groups is 1. The maximum absolute atomic E-state index is 16.2. The molecule has 10 rings (SSSR count). The van der Waals surface area contributed by atoms with Crippen LogP contribution in [0.1, 0.15) is 64.1 Å². The lowest BCUT2D eigenvalue weighted by Gasteiger charge is -2.51. The van der Waals surface area contributed by atoms with Gasteiger partial charge in [0.05, 0.1) is 35.9 Å². The number of aromatic nitrogens is 4. The number of likely N-dealkylation sites (tertiary alicyclic amines) is 2. The van der Waals surface area contributed by atoms with Crippen LogP contribution in [0.2, 0.25) is 5.02 Å². The van der Waals surface area contributed by atoms with Crippen LogP contribution in [0.25, 0.3) is 16.9 Å². The molecule has 7 heterocycles. The fraction of sp³-hybridized carbons (Fsp3) is 0.400. The number of rotatable bonds is 9. The summed E-state index contributed by atoms with van der Waals surface area (Å²) in [7, 11) is 1.76. The Kier molecular flexibility index (Phi) is 10.7. The van der Waals surface area contributed by atoms with Crippen molar-refractivity contribution >= 4 is 63.9 Å². The molecule has 1 aliphatic carbocycles. The minimum Gasteiger partial charge on any atom is -0.385 e. The number of piperidine rings is 2. The summed E-state index contributed by atoms with van der Waals surface area (Å²) in [5.41, 5.74) is 4.37. The highest BCUT2D eigenvalue weighted by Gasteiger charge is 2.57. The van der Waals surface area contributed by atoms with Gasteiger partial charge in [-0.2, -0.15) is 0 Å². The number of carbonyl (C=O) groups is 4. The average molecular weight is 914 g/mol. The molecule has 5 aliphatic rings. The van der Waals surface area contributed by atoms with E-state index in [1.165, 1.54) is 21.7 Å². The second-order valence-corrected chi connectivity index (χ2v) is 17.8. The molecule has 5 amide bonds. The van der Waals surface area contributed by atoms with Crippen molar-refractivity contribution in [3.63, 3.8) is 0 Å². The molecular formula is C45H44ClF4N11O4. The van der Waals surface area contributed by atoms with Gasteiger partial charge in [0.2, 0.25) is 5.91 Å². The molecule has 2 atom stereocenters. The Morgan fingerprint density at radius 2 is 1.71 bits per heavy atom. The van der Waals surface area contributed by atoms with Crippen molar-refractivity contribution in [3.8, 4) is 11.3 Å². The Hall–Kier alpha value is -6.34. The predicted octanol–water partition coefficient (Wildman–Crippen LogP) is 6.37. The number of imide groups is 1. The monoisotopic (exact) mass is 913 g/mol. The first-order valence-corrected chi connectivity index (χ1v) is 22.0. The van der Waals surface area contributed by atoms with E-state index < -0.39 is 59.7 Å². The topological polar surface area (TPSA) is 160 Å². The number of fused-ring (bicyclic) bond motifs is 2. The van der Waals surface area contributed by atoms with E-state index in [-0.39, 0.29) is 80.3 Å². The molecule has 1 spiro atoms. The molecule has 3 aromatic heterocycles. The Morgan fingerprint density at radius 3 is 2.42 bits per heavy atom. The van der Waals surface area contributed by atoms with Crippen LogP contribution in [0.3, 0.4) is 0 Å². The number of halogens is 5. The molecule has 1 saturated carbocycles. The highest BCUT2D eigenvalue weighted by atomic mass is 35.5. The minimum atomic E-state index is -3.04. The molecule has 4 aliphatic heterocycles. The van der Waals surface area contributed by atoms with Gasteiger partial charge >= 0.3 is 6.03 Å². The third kappa shape index (κ3) is 7.66. The summed E-state index contributed by atoms with van der Waals surface area (Å²) >= 11 is 6.18. The number of pyridine rings is 1. The summed E-state index contributed by atoms with van der Waals surface area (Å²) in [4.78, 5) is 66.2. The van der Waals surface area contributed by atoms with E-state index in [4.69, 9.17) is 21.7 Å². The zero-order valence-electron chi connectivity index (χ0n) is 35.2. The average Bonchev–Trinajstić information content (AvgIpc) is 3.60. The maximum atomic E-state index is 16.2. The lowest BCUT2D eigenvalue weighted by atomic mass is 9.68. The number of alkyl halides is 3. The van der Waals surface area contributed by atoms with Gasteiger partial charge in [-0.1, -0.05) is 29.8 Å². The van der Waals surface area contributed by atoms with Crippen LogP contribution in [0.4, 0.5) is 45.2 Å². The molecule has 0 unspecified atom stereocenters. The lowest BCUT2D eigenvalue weighted by Crippen LogP contribution is -2.59. The van der Waals surface area contributed by atoms with Gasteiger partial charge in [0.15, 0.2) is 17.2 Å². The second-order valence-electron chi connectivity index (χ2n) is 17.4. The van der Waals surface area contributed by atoms with Gasteiger partial charge in [-0.3, -0.25) is 34.5 Å². The number of hydrogen-bond donors (Lipinski definition) is 3. The molecule has 338 valence electrons. The molecule has 2 aromatic carbocycles. The third-order valence-electron chi connectivity index (χ3n) is 13.5. The number of carbonyl (C=O) groups excluding carboxylic acids is 4. The van der Waals surface area contributed by atoms with E-state index in [9.17, 15) is 28.0 Å². The highest BCUT2D eigenvalue weighted by Crippen LogP contribution is 2.51. The molecule has 20 heteroatoms. The van der Waals surface area contributed by atoms with Gasteiger partial charge < -0.3 is 20.4 Å². The summed E-state index contributed by atoms with van der Waals surface area (Å²) in [6.07, 6.45) is 3.45. The highest BCUT2D eigenvalue weighted by molar-refractivity contribution is 6.34. The van der Waals surface area contributed by atoms with Gasteiger partial charge in [0.25, 0.3) is 17.7 Å². The van der Waals surface area contributed by atoms with Crippen molar-refractivity contribution in [3.05, 3.63) is 94.1 Å². The molecule has 65 heavy (non-hydrogen) atoms. The van der Waals surface area contributed by atoms with Crippen LogP contribution >= 0.6 is 11.6 Å². The van der Waals surface area contributed by atoms with Gasteiger partial charge in [0, 0.05) is 87.1 Å². The van der Waals surface area contributed by atoms with Crippen molar-refractivity contribution in [1.29, 1.82) is 0 Å². The number of nitrogens with zero attached hydrogens (tertiary/aromatic N) is 8. The Balaban J connectivity index is 0.786. The van der Waals surface area contributed by atoms with E-state index in [0.29, 0.717) is 36.7 Å². The van der Waals surface area contributed by atoms with Crippen LogP contribution in [0.5, 0.6) is 0 Å². The van der Waals surface area contributed by atoms with E-state index in [1.54, 1.807) is 18.1 Å². The quantitative estimate of drug-likeness (QED) is 0.142. The Bertz CT molecular complexity index is 2760. The first kappa shape index (κ1) is 42.6. The normalized spacial score (nSPS) is 21.4. The van der Waals surface area contributed by atoms with Crippen molar-refractivity contribution in [2.45, 2.75) is 63.2 Å². The van der Waals surface area contributed by atoms with E-state index in [2.05, 4.69) is 25.8 Å². The standard InChI is InChI=1S/C45H44ClF4N11O4/c1-51-33-20-37(56-61-36(22-53-40(33)61)41(63)54-32-19-29(32)47)59-12-7-28-27(3-2-4-34(28)59)31-6-5-25(21-52-31)23-57-14-9-44(45(49,50)24-57)10-15-58(16-11-44)42(64)26-17-30(48)39(46)35(18-26)60-13-8-38(62)55-43(60)65/h2-6,17-18,20-22,29,32,51H,7-16,19,23-24H2,1H3,(H,54,63)(H,55,62,65)/t29-,32+/m0/s1. The summed E-state index contributed by atoms with van der Waals surface area (Å²) in [6, 6.07) is 12.6. The van der Waals surface area contributed by atoms with Gasteiger partial charge in [-0.15, -0.1) is 5.10 Å². The number of imidazole rings is 1. The first-order chi connectivity index (χ1) is 31.2. The third-order valence-corrected chi connectivity index (χ3v) is 13.9. The number of hydrogen-bond acceptors (Lipinski definition) is 10. The summed E-state index contributed by atoms with van der Waals surface area (Å²) in [5.74, 6) is -4.85. The summed E-state index contributed by atoms with van der Waals surface area (Å²) in [5, 5.41) is 12.4. The smallest absolute Gasteiger partial charge is 0.328 e. The number of benzene rings is 2. The van der Waals surface area contributed by atoms with Crippen molar-refractivity contribution in [2.24, 2.45) is 5.41 Å². The molecule has 3 N–H and O–H groups in total. The maximum Gasteiger partial charge on any atom is 0.328 e. The SMILES string of the molecule is CNc1cc(N2CCc3c(-c4ccc(CN5CCC6(CCN(C(=O)c7cc(F)c(Cl)c(N8CCC(=O)NC8=O)c7)CC6)C(F)(F)C5)cn4)cccc32)nn2c(C(=O)N[C@@H]3C[C@@H]3F)cnc12. The largest absolute Gasteiger partial charge is 0.385 e. The molecule has 0 radical (unpaired) electrons. The number of amides is 5. The van der Waals surface area contributed by atoms with Crippen molar-refractivity contribution < 1.29 is 36.7 Å². The van der Waals surface area contributed by atoms with Crippen LogP contribution in [0.15, 0.2) is 60.9 Å². The fourth-order valence-corrected chi connectivity index (χ4v) is 9.88. The molecule has 3 saturated heterocycles. The van der Waals surface area contributed by atoms with Crippen LogP contribution in [-0.2, 0) is 17.8 Å². The van der Waals surface area contributed by atoms with Gasteiger partial charge in [-0.05, 0) is 67.6 Å². The molecule has 5 aromatic rings.